The van der Waals surface area contributed by atoms with Crippen LogP contribution in [0.15, 0.2) is 46.9 Å². The lowest BCUT2D eigenvalue weighted by atomic mass is 10.0. The summed E-state index contributed by atoms with van der Waals surface area (Å²) in [5.74, 6) is -0.811. The number of hydrogen-bond donors (Lipinski definition) is 1. The van der Waals surface area contributed by atoms with E-state index in [9.17, 15) is 13.9 Å². The van der Waals surface area contributed by atoms with Gasteiger partial charge < -0.3 is 5.11 Å². The smallest absolute Gasteiger partial charge is 0.137 e. The Balaban J connectivity index is 2.19. The summed E-state index contributed by atoms with van der Waals surface area (Å²) in [5, 5.41) is 9.97. The Bertz CT molecular complexity index is 557. The molecule has 0 aromatic heterocycles. The Morgan fingerprint density at radius 1 is 1.06 bits per heavy atom. The first-order valence-electron chi connectivity index (χ1n) is 5.44. The van der Waals surface area contributed by atoms with Crippen LogP contribution in [0.5, 0.6) is 0 Å². The molecule has 1 N–H and O–H groups in total. The van der Waals surface area contributed by atoms with E-state index in [0.717, 1.165) is 0 Å². The van der Waals surface area contributed by atoms with Crippen molar-refractivity contribution in [2.24, 2.45) is 0 Å². The van der Waals surface area contributed by atoms with Crippen LogP contribution in [-0.2, 0) is 6.42 Å². The molecule has 0 saturated carbocycles. The van der Waals surface area contributed by atoms with Gasteiger partial charge in [0.1, 0.15) is 11.6 Å². The van der Waals surface area contributed by atoms with Crippen LogP contribution >= 0.6 is 15.9 Å². The molecule has 0 aliphatic heterocycles. The fraction of sp³-hybridized carbons (Fsp3) is 0.143. The van der Waals surface area contributed by atoms with Gasteiger partial charge in [0.15, 0.2) is 0 Å². The van der Waals surface area contributed by atoms with Crippen molar-refractivity contribution in [1.82, 2.24) is 0 Å². The Hall–Kier alpha value is -1.26. The van der Waals surface area contributed by atoms with E-state index >= 15 is 0 Å². The molecule has 1 unspecified atom stereocenters. The molecule has 18 heavy (non-hydrogen) atoms. The van der Waals surface area contributed by atoms with Gasteiger partial charge in [0.05, 0.1) is 10.6 Å². The van der Waals surface area contributed by atoms with Gasteiger partial charge in [-0.1, -0.05) is 24.3 Å². The van der Waals surface area contributed by atoms with E-state index in [1.807, 2.05) is 0 Å². The summed E-state index contributed by atoms with van der Waals surface area (Å²) in [4.78, 5) is 0. The summed E-state index contributed by atoms with van der Waals surface area (Å²) in [6.07, 6.45) is -0.808. The maximum Gasteiger partial charge on any atom is 0.137 e. The number of aliphatic hydroxyl groups is 1. The van der Waals surface area contributed by atoms with Crippen LogP contribution < -0.4 is 0 Å². The number of hydrogen-bond acceptors (Lipinski definition) is 1. The lowest BCUT2D eigenvalue weighted by Crippen LogP contribution is -2.04. The third-order valence-electron chi connectivity index (χ3n) is 2.70. The minimum absolute atomic E-state index is 0.119. The fourth-order valence-corrected chi connectivity index (χ4v) is 1.96. The zero-order chi connectivity index (χ0) is 13.1. The second-order valence-electron chi connectivity index (χ2n) is 3.98. The summed E-state index contributed by atoms with van der Waals surface area (Å²) < 4.78 is 27.1. The highest BCUT2D eigenvalue weighted by Crippen LogP contribution is 2.24. The maximum absolute atomic E-state index is 13.4. The van der Waals surface area contributed by atoms with Crippen molar-refractivity contribution >= 4 is 15.9 Å². The maximum atomic E-state index is 13.4. The average molecular weight is 313 g/mol. The summed E-state index contributed by atoms with van der Waals surface area (Å²) >= 11 is 3.04. The molecule has 0 saturated heterocycles. The molecule has 1 nitrogen and oxygen atoms in total. The fourth-order valence-electron chi connectivity index (χ4n) is 1.71. The van der Waals surface area contributed by atoms with Gasteiger partial charge in [-0.15, -0.1) is 0 Å². The van der Waals surface area contributed by atoms with Gasteiger partial charge in [0.2, 0.25) is 0 Å². The monoisotopic (exact) mass is 312 g/mol. The van der Waals surface area contributed by atoms with Crippen LogP contribution in [0.25, 0.3) is 0 Å². The second-order valence-corrected chi connectivity index (χ2v) is 4.84. The van der Waals surface area contributed by atoms with Gasteiger partial charge in [0, 0.05) is 6.42 Å². The van der Waals surface area contributed by atoms with Crippen molar-refractivity contribution < 1.29 is 13.9 Å². The van der Waals surface area contributed by atoms with E-state index in [1.165, 1.54) is 18.2 Å². The van der Waals surface area contributed by atoms with Crippen LogP contribution in [0.3, 0.4) is 0 Å². The zero-order valence-electron chi connectivity index (χ0n) is 9.41. The highest BCUT2D eigenvalue weighted by Gasteiger charge is 2.12. The van der Waals surface area contributed by atoms with Crippen LogP contribution in [0, 0.1) is 11.6 Å². The summed E-state index contributed by atoms with van der Waals surface area (Å²) in [6.45, 7) is 0. The van der Waals surface area contributed by atoms with Gasteiger partial charge in [0.25, 0.3) is 0 Å². The Morgan fingerprint density at radius 3 is 2.44 bits per heavy atom. The SMILES string of the molecule is OC(Cc1ccccc1F)c1ccc(Br)c(F)c1. The minimum Gasteiger partial charge on any atom is -0.388 e. The molecule has 4 heteroatoms. The zero-order valence-corrected chi connectivity index (χ0v) is 11.0. The second kappa shape index (κ2) is 5.59. The molecule has 0 fully saturated rings. The first-order valence-corrected chi connectivity index (χ1v) is 6.23. The standard InChI is InChI=1S/C14H11BrF2O/c15-11-6-5-10(7-13(11)17)14(18)8-9-3-1-2-4-12(9)16/h1-7,14,18H,8H2. The Kier molecular flexibility index (Phi) is 4.09. The Morgan fingerprint density at radius 2 is 1.78 bits per heavy atom. The largest absolute Gasteiger partial charge is 0.388 e. The third kappa shape index (κ3) is 2.94. The van der Waals surface area contributed by atoms with E-state index in [4.69, 9.17) is 0 Å². The van der Waals surface area contributed by atoms with E-state index < -0.39 is 11.9 Å². The van der Waals surface area contributed by atoms with E-state index in [-0.39, 0.29) is 12.2 Å². The van der Waals surface area contributed by atoms with Gasteiger partial charge in [-0.3, -0.25) is 0 Å². The highest BCUT2D eigenvalue weighted by atomic mass is 79.9. The summed E-state index contributed by atoms with van der Waals surface area (Å²) in [6, 6.07) is 10.6. The Labute approximate surface area is 112 Å². The quantitative estimate of drug-likeness (QED) is 0.908. The lowest BCUT2D eigenvalue weighted by Gasteiger charge is -2.12. The van der Waals surface area contributed by atoms with Crippen molar-refractivity contribution in [3.63, 3.8) is 0 Å². The molecule has 2 rings (SSSR count). The van der Waals surface area contributed by atoms with Crippen LogP contribution in [-0.4, -0.2) is 5.11 Å². The van der Waals surface area contributed by atoms with E-state index in [0.29, 0.717) is 15.6 Å². The average Bonchev–Trinajstić information content (AvgIpc) is 2.35. The predicted molar refractivity (Wildman–Crippen MR) is 69.2 cm³/mol. The number of aliphatic hydroxyl groups excluding tert-OH is 1. The molecule has 0 aliphatic rings. The predicted octanol–water partition coefficient (Wildman–Crippen LogP) is 4.00. The molecule has 0 bridgehead atoms. The number of halogens is 3. The van der Waals surface area contributed by atoms with Crippen LogP contribution in [0.1, 0.15) is 17.2 Å². The van der Waals surface area contributed by atoms with Crippen molar-refractivity contribution in [2.45, 2.75) is 12.5 Å². The molecular weight excluding hydrogens is 302 g/mol. The van der Waals surface area contributed by atoms with Crippen molar-refractivity contribution in [1.29, 1.82) is 0 Å². The molecule has 0 spiro atoms. The molecule has 0 aliphatic carbocycles. The molecule has 2 aromatic rings. The lowest BCUT2D eigenvalue weighted by molar-refractivity contribution is 0.176. The van der Waals surface area contributed by atoms with Gasteiger partial charge >= 0.3 is 0 Å². The molecule has 2 aromatic carbocycles. The van der Waals surface area contributed by atoms with E-state index in [1.54, 1.807) is 24.3 Å². The topological polar surface area (TPSA) is 20.2 Å². The molecule has 0 amide bonds. The molecule has 0 heterocycles. The normalized spacial score (nSPS) is 12.4. The molecule has 1 atom stereocenters. The van der Waals surface area contributed by atoms with Gasteiger partial charge in [-0.2, -0.15) is 0 Å². The summed E-state index contributed by atoms with van der Waals surface area (Å²) in [5.41, 5.74) is 0.840. The van der Waals surface area contributed by atoms with Crippen molar-refractivity contribution in [3.05, 3.63) is 69.7 Å². The first kappa shape index (κ1) is 13.2. The number of benzene rings is 2. The molecule has 0 radical (unpaired) electrons. The minimum atomic E-state index is -0.926. The summed E-state index contributed by atoms with van der Waals surface area (Å²) in [7, 11) is 0. The van der Waals surface area contributed by atoms with Gasteiger partial charge in [-0.05, 0) is 45.3 Å². The van der Waals surface area contributed by atoms with Crippen molar-refractivity contribution in [2.75, 3.05) is 0 Å². The first-order chi connectivity index (χ1) is 8.58. The molecular formula is C14H11BrF2O. The molecule has 94 valence electrons. The van der Waals surface area contributed by atoms with E-state index in [2.05, 4.69) is 15.9 Å². The highest BCUT2D eigenvalue weighted by molar-refractivity contribution is 9.10. The van der Waals surface area contributed by atoms with Crippen molar-refractivity contribution in [3.8, 4) is 0 Å². The third-order valence-corrected chi connectivity index (χ3v) is 3.34. The van der Waals surface area contributed by atoms with Crippen LogP contribution in [0.2, 0.25) is 0 Å². The number of rotatable bonds is 3. The van der Waals surface area contributed by atoms with Crippen LogP contribution in [0.4, 0.5) is 8.78 Å². The van der Waals surface area contributed by atoms with Gasteiger partial charge in [-0.25, -0.2) is 8.78 Å².